The summed E-state index contributed by atoms with van der Waals surface area (Å²) in [5, 5.41) is 2.54. The number of nitrogens with one attached hydrogen (secondary N) is 1. The zero-order chi connectivity index (χ0) is 13.1. The Bertz CT molecular complexity index is 566. The molecule has 0 spiro atoms. The molecule has 0 aliphatic heterocycles. The van der Waals surface area contributed by atoms with Crippen molar-refractivity contribution in [3.63, 3.8) is 0 Å². The van der Waals surface area contributed by atoms with Gasteiger partial charge in [-0.05, 0) is 31.2 Å². The van der Waals surface area contributed by atoms with Crippen molar-refractivity contribution in [1.82, 2.24) is 9.97 Å². The van der Waals surface area contributed by atoms with Crippen LogP contribution < -0.4 is 5.32 Å². The quantitative estimate of drug-likeness (QED) is 0.928. The molecule has 18 heavy (non-hydrogen) atoms. The van der Waals surface area contributed by atoms with E-state index in [9.17, 15) is 9.18 Å². The number of amides is 1. The smallest absolute Gasteiger partial charge is 0.275 e. The third-order valence-electron chi connectivity index (χ3n) is 2.12. The van der Waals surface area contributed by atoms with Gasteiger partial charge in [-0.15, -0.1) is 0 Å². The standard InChI is InChI=1S/C12H9BrFN3O/c1-7-4-8(13)5-10(16-7)12(18)17-11-3-2-9(14)6-15-11/h2-6H,1H3,(H,15,17,18). The van der Waals surface area contributed by atoms with E-state index in [0.717, 1.165) is 16.4 Å². The Hall–Kier alpha value is -1.82. The van der Waals surface area contributed by atoms with Gasteiger partial charge in [-0.1, -0.05) is 15.9 Å². The number of aryl methyl sites for hydroxylation is 1. The van der Waals surface area contributed by atoms with Crippen molar-refractivity contribution >= 4 is 27.7 Å². The summed E-state index contributed by atoms with van der Waals surface area (Å²) in [4.78, 5) is 19.7. The van der Waals surface area contributed by atoms with Crippen molar-refractivity contribution in [1.29, 1.82) is 0 Å². The molecular formula is C12H9BrFN3O. The number of anilines is 1. The van der Waals surface area contributed by atoms with Crippen molar-refractivity contribution in [2.75, 3.05) is 5.32 Å². The van der Waals surface area contributed by atoms with E-state index in [2.05, 4.69) is 31.2 Å². The number of pyridine rings is 2. The molecule has 0 radical (unpaired) electrons. The molecule has 2 heterocycles. The Morgan fingerprint density at radius 1 is 1.39 bits per heavy atom. The number of carbonyl (C=O) groups excluding carboxylic acids is 1. The molecule has 0 aromatic carbocycles. The van der Waals surface area contributed by atoms with Gasteiger partial charge in [0.05, 0.1) is 6.20 Å². The van der Waals surface area contributed by atoms with E-state index >= 15 is 0 Å². The predicted octanol–water partition coefficient (Wildman–Crippen LogP) is 2.94. The van der Waals surface area contributed by atoms with Crippen LogP contribution in [-0.4, -0.2) is 15.9 Å². The van der Waals surface area contributed by atoms with Gasteiger partial charge in [-0.2, -0.15) is 0 Å². The Labute approximate surface area is 111 Å². The van der Waals surface area contributed by atoms with E-state index in [0.29, 0.717) is 0 Å². The lowest BCUT2D eigenvalue weighted by atomic mass is 10.3. The Kier molecular flexibility index (Phi) is 3.66. The molecule has 1 N–H and O–H groups in total. The second-order valence-corrected chi connectivity index (χ2v) is 4.54. The van der Waals surface area contributed by atoms with Crippen molar-refractivity contribution in [2.24, 2.45) is 0 Å². The molecule has 1 amide bonds. The van der Waals surface area contributed by atoms with Crippen LogP contribution in [0.5, 0.6) is 0 Å². The number of halogens is 2. The van der Waals surface area contributed by atoms with Crippen LogP contribution in [0.15, 0.2) is 34.9 Å². The lowest BCUT2D eigenvalue weighted by molar-refractivity contribution is 0.102. The van der Waals surface area contributed by atoms with Gasteiger partial charge in [0.1, 0.15) is 17.3 Å². The third kappa shape index (κ3) is 3.10. The van der Waals surface area contributed by atoms with Gasteiger partial charge in [0.2, 0.25) is 0 Å². The first-order chi connectivity index (χ1) is 8.54. The van der Waals surface area contributed by atoms with E-state index in [1.807, 2.05) is 0 Å². The summed E-state index contributed by atoms with van der Waals surface area (Å²) in [5.41, 5.74) is 0.995. The molecule has 92 valence electrons. The largest absolute Gasteiger partial charge is 0.305 e. The summed E-state index contributed by atoms with van der Waals surface area (Å²) in [7, 11) is 0. The lowest BCUT2D eigenvalue weighted by Crippen LogP contribution is -2.15. The predicted molar refractivity (Wildman–Crippen MR) is 68.8 cm³/mol. The van der Waals surface area contributed by atoms with Crippen LogP contribution in [0, 0.1) is 12.7 Å². The molecule has 0 bridgehead atoms. The van der Waals surface area contributed by atoms with E-state index in [1.165, 1.54) is 12.1 Å². The zero-order valence-corrected chi connectivity index (χ0v) is 11.0. The second kappa shape index (κ2) is 5.22. The first-order valence-corrected chi connectivity index (χ1v) is 5.91. The molecule has 0 aliphatic rings. The number of hydrogen-bond acceptors (Lipinski definition) is 3. The van der Waals surface area contributed by atoms with Crippen molar-refractivity contribution in [3.05, 3.63) is 52.1 Å². The van der Waals surface area contributed by atoms with E-state index in [1.54, 1.807) is 19.1 Å². The van der Waals surface area contributed by atoms with Crippen LogP contribution in [0.4, 0.5) is 10.2 Å². The molecule has 2 aromatic heterocycles. The highest BCUT2D eigenvalue weighted by Crippen LogP contribution is 2.13. The van der Waals surface area contributed by atoms with Gasteiger partial charge in [-0.25, -0.2) is 14.4 Å². The van der Waals surface area contributed by atoms with Gasteiger partial charge >= 0.3 is 0 Å². The SMILES string of the molecule is Cc1cc(Br)cc(C(=O)Nc2ccc(F)cn2)n1. The minimum Gasteiger partial charge on any atom is -0.305 e. The Morgan fingerprint density at radius 2 is 2.17 bits per heavy atom. The third-order valence-corrected chi connectivity index (χ3v) is 2.58. The summed E-state index contributed by atoms with van der Waals surface area (Å²) in [6, 6.07) is 6.01. The van der Waals surface area contributed by atoms with E-state index in [-0.39, 0.29) is 11.5 Å². The molecule has 2 aromatic rings. The number of nitrogens with zero attached hydrogens (tertiary/aromatic N) is 2. The molecule has 0 atom stereocenters. The summed E-state index contributed by atoms with van der Waals surface area (Å²) in [5.74, 6) is -0.566. The maximum Gasteiger partial charge on any atom is 0.275 e. The van der Waals surface area contributed by atoms with Crippen LogP contribution in [-0.2, 0) is 0 Å². The minimum atomic E-state index is -0.454. The Morgan fingerprint density at radius 3 is 2.78 bits per heavy atom. The van der Waals surface area contributed by atoms with Gasteiger partial charge in [0, 0.05) is 10.2 Å². The van der Waals surface area contributed by atoms with E-state index in [4.69, 9.17) is 0 Å². The Balaban J connectivity index is 2.19. The fraction of sp³-hybridized carbons (Fsp3) is 0.0833. The topological polar surface area (TPSA) is 54.9 Å². The molecule has 0 unspecified atom stereocenters. The molecule has 0 fully saturated rings. The van der Waals surface area contributed by atoms with Gasteiger partial charge in [-0.3, -0.25) is 4.79 Å². The first-order valence-electron chi connectivity index (χ1n) is 5.12. The zero-order valence-electron chi connectivity index (χ0n) is 9.45. The van der Waals surface area contributed by atoms with Gasteiger partial charge < -0.3 is 5.32 Å². The molecule has 0 aliphatic carbocycles. The number of hydrogen-bond donors (Lipinski definition) is 1. The summed E-state index contributed by atoms with van der Waals surface area (Å²) in [6.45, 7) is 1.79. The average Bonchev–Trinajstić information content (AvgIpc) is 2.31. The van der Waals surface area contributed by atoms with Crippen LogP contribution in [0.2, 0.25) is 0 Å². The van der Waals surface area contributed by atoms with Gasteiger partial charge in [0.15, 0.2) is 0 Å². The normalized spacial score (nSPS) is 10.2. The fourth-order valence-corrected chi connectivity index (χ4v) is 1.92. The van der Waals surface area contributed by atoms with Crippen LogP contribution in [0.25, 0.3) is 0 Å². The highest BCUT2D eigenvalue weighted by Gasteiger charge is 2.09. The lowest BCUT2D eigenvalue weighted by Gasteiger charge is -2.05. The monoisotopic (exact) mass is 309 g/mol. The average molecular weight is 310 g/mol. The molecule has 0 saturated heterocycles. The van der Waals surface area contributed by atoms with Crippen LogP contribution in [0.1, 0.15) is 16.2 Å². The fourth-order valence-electron chi connectivity index (χ4n) is 1.37. The summed E-state index contributed by atoms with van der Waals surface area (Å²) in [6.07, 6.45) is 1.04. The van der Waals surface area contributed by atoms with Gasteiger partial charge in [0.25, 0.3) is 5.91 Å². The summed E-state index contributed by atoms with van der Waals surface area (Å²) >= 11 is 3.29. The summed E-state index contributed by atoms with van der Waals surface area (Å²) < 4.78 is 13.4. The first kappa shape index (κ1) is 12.6. The molecular weight excluding hydrogens is 301 g/mol. The number of rotatable bonds is 2. The second-order valence-electron chi connectivity index (χ2n) is 3.63. The maximum atomic E-state index is 12.7. The van der Waals surface area contributed by atoms with E-state index < -0.39 is 11.7 Å². The minimum absolute atomic E-state index is 0.271. The van der Waals surface area contributed by atoms with Crippen molar-refractivity contribution in [3.8, 4) is 0 Å². The highest BCUT2D eigenvalue weighted by molar-refractivity contribution is 9.10. The van der Waals surface area contributed by atoms with Crippen LogP contribution in [0.3, 0.4) is 0 Å². The van der Waals surface area contributed by atoms with Crippen molar-refractivity contribution < 1.29 is 9.18 Å². The highest BCUT2D eigenvalue weighted by atomic mass is 79.9. The number of aromatic nitrogens is 2. The van der Waals surface area contributed by atoms with Crippen LogP contribution >= 0.6 is 15.9 Å². The molecule has 2 rings (SSSR count). The molecule has 0 saturated carbocycles. The molecule has 4 nitrogen and oxygen atoms in total. The number of carbonyl (C=O) groups is 1. The molecule has 6 heteroatoms. The maximum absolute atomic E-state index is 12.7. The van der Waals surface area contributed by atoms with Crippen molar-refractivity contribution in [2.45, 2.75) is 6.92 Å².